The molecule has 0 spiro atoms. The summed E-state index contributed by atoms with van der Waals surface area (Å²) in [7, 11) is 3.22. The minimum atomic E-state index is -0.430. The molecule has 0 atom stereocenters. The van der Waals surface area contributed by atoms with Crippen LogP contribution in [0.2, 0.25) is 0 Å². The summed E-state index contributed by atoms with van der Waals surface area (Å²) in [5.41, 5.74) is 3.50. The van der Waals surface area contributed by atoms with Gasteiger partial charge in [0.15, 0.2) is 0 Å². The standard InChI is InChI=1S/C24H32N2O5/c1-16-21(24(28)31-14-13-29-3)17(2)25-22(16)23(27)26-11-9-19(10-12-26)15-18-5-7-20(30-4)8-6-18/h5-8,19,25H,9-15H2,1-4H3. The molecule has 1 fully saturated rings. The van der Waals surface area contributed by atoms with Gasteiger partial charge >= 0.3 is 5.97 Å². The Bertz CT molecular complexity index is 895. The second kappa shape index (κ2) is 10.5. The van der Waals surface area contributed by atoms with Gasteiger partial charge in [0.05, 0.1) is 19.3 Å². The van der Waals surface area contributed by atoms with Crippen molar-refractivity contribution in [2.45, 2.75) is 33.1 Å². The van der Waals surface area contributed by atoms with Crippen molar-refractivity contribution in [1.29, 1.82) is 0 Å². The number of esters is 1. The van der Waals surface area contributed by atoms with Crippen LogP contribution in [0.5, 0.6) is 5.75 Å². The molecule has 3 rings (SSSR count). The van der Waals surface area contributed by atoms with Gasteiger partial charge in [0.25, 0.3) is 5.91 Å². The molecule has 7 nitrogen and oxygen atoms in total. The second-order valence-electron chi connectivity index (χ2n) is 8.04. The molecule has 168 valence electrons. The third-order valence-corrected chi connectivity index (χ3v) is 5.96. The van der Waals surface area contributed by atoms with Gasteiger partial charge in [-0.05, 0) is 62.3 Å². The molecule has 1 amide bonds. The Hall–Kier alpha value is -2.80. The Balaban J connectivity index is 1.59. The van der Waals surface area contributed by atoms with Crippen molar-refractivity contribution >= 4 is 11.9 Å². The highest BCUT2D eigenvalue weighted by molar-refractivity contribution is 6.00. The highest BCUT2D eigenvalue weighted by Gasteiger charge is 2.28. The zero-order valence-electron chi connectivity index (χ0n) is 18.8. The summed E-state index contributed by atoms with van der Waals surface area (Å²) in [4.78, 5) is 30.5. The van der Waals surface area contributed by atoms with Crippen LogP contribution in [-0.2, 0) is 15.9 Å². The number of methoxy groups -OCH3 is 2. The molecule has 1 aliphatic heterocycles. The molecule has 7 heteroatoms. The van der Waals surface area contributed by atoms with Gasteiger partial charge < -0.3 is 24.1 Å². The molecular weight excluding hydrogens is 396 g/mol. The van der Waals surface area contributed by atoms with Gasteiger partial charge in [0.1, 0.15) is 18.1 Å². The minimum absolute atomic E-state index is 0.0561. The van der Waals surface area contributed by atoms with E-state index in [1.165, 1.54) is 5.56 Å². The number of carbonyl (C=O) groups excluding carboxylic acids is 2. The number of ether oxygens (including phenoxy) is 3. The van der Waals surface area contributed by atoms with E-state index in [1.54, 1.807) is 28.1 Å². The Labute approximate surface area is 183 Å². The number of aromatic nitrogens is 1. The first-order valence-electron chi connectivity index (χ1n) is 10.7. The van der Waals surface area contributed by atoms with Crippen LogP contribution >= 0.6 is 0 Å². The molecule has 1 saturated heterocycles. The molecule has 0 aliphatic carbocycles. The SMILES string of the molecule is COCCOC(=O)c1c(C)[nH]c(C(=O)N2CCC(Cc3ccc(OC)cc3)CC2)c1C. The van der Waals surface area contributed by atoms with Crippen molar-refractivity contribution in [2.24, 2.45) is 5.92 Å². The van der Waals surface area contributed by atoms with Crippen LogP contribution in [0, 0.1) is 19.8 Å². The second-order valence-corrected chi connectivity index (χ2v) is 8.04. The number of benzene rings is 1. The predicted octanol–water partition coefficient (Wildman–Crippen LogP) is 3.54. The fourth-order valence-electron chi connectivity index (χ4n) is 4.15. The molecule has 31 heavy (non-hydrogen) atoms. The van der Waals surface area contributed by atoms with Crippen LogP contribution in [0.1, 0.15) is 50.5 Å². The molecule has 0 bridgehead atoms. The van der Waals surface area contributed by atoms with Crippen LogP contribution in [0.3, 0.4) is 0 Å². The summed E-state index contributed by atoms with van der Waals surface area (Å²) in [5, 5.41) is 0. The zero-order valence-corrected chi connectivity index (χ0v) is 18.8. The minimum Gasteiger partial charge on any atom is -0.497 e. The molecular formula is C24H32N2O5. The number of rotatable bonds is 8. The molecule has 2 aromatic rings. The lowest BCUT2D eigenvalue weighted by Crippen LogP contribution is -2.39. The molecule has 0 unspecified atom stereocenters. The Kier molecular flexibility index (Phi) is 7.74. The highest BCUT2D eigenvalue weighted by atomic mass is 16.6. The van der Waals surface area contributed by atoms with Gasteiger partial charge in [-0.3, -0.25) is 4.79 Å². The Morgan fingerprint density at radius 3 is 2.35 bits per heavy atom. The number of aromatic amines is 1. The topological polar surface area (TPSA) is 80.9 Å². The first kappa shape index (κ1) is 22.9. The van der Waals surface area contributed by atoms with Gasteiger partial charge in [-0.15, -0.1) is 0 Å². The van der Waals surface area contributed by atoms with Crippen LogP contribution in [0.25, 0.3) is 0 Å². The lowest BCUT2D eigenvalue weighted by atomic mass is 9.90. The van der Waals surface area contributed by atoms with Crippen LogP contribution in [0.4, 0.5) is 0 Å². The first-order chi connectivity index (χ1) is 14.9. The third kappa shape index (κ3) is 5.47. The lowest BCUT2D eigenvalue weighted by molar-refractivity contribution is 0.0387. The number of aryl methyl sites for hydroxylation is 1. The summed E-state index contributed by atoms with van der Waals surface area (Å²) in [6.45, 7) is 5.53. The molecule has 1 aromatic carbocycles. The van der Waals surface area contributed by atoms with Gasteiger partial charge in [0, 0.05) is 25.9 Å². The van der Waals surface area contributed by atoms with E-state index in [-0.39, 0.29) is 12.5 Å². The Morgan fingerprint density at radius 2 is 1.74 bits per heavy atom. The summed E-state index contributed by atoms with van der Waals surface area (Å²) in [6.07, 6.45) is 2.93. The predicted molar refractivity (Wildman–Crippen MR) is 118 cm³/mol. The fourth-order valence-corrected chi connectivity index (χ4v) is 4.15. The molecule has 2 heterocycles. The third-order valence-electron chi connectivity index (χ3n) is 5.96. The number of piperidine rings is 1. The van der Waals surface area contributed by atoms with Crippen molar-refractivity contribution in [2.75, 3.05) is 40.5 Å². The van der Waals surface area contributed by atoms with E-state index in [1.807, 2.05) is 17.0 Å². The maximum atomic E-state index is 13.1. The summed E-state index contributed by atoms with van der Waals surface area (Å²) in [5.74, 6) is 0.929. The van der Waals surface area contributed by atoms with E-state index in [9.17, 15) is 9.59 Å². The van der Waals surface area contributed by atoms with Crippen molar-refractivity contribution < 1.29 is 23.8 Å². The van der Waals surface area contributed by atoms with Gasteiger partial charge in [-0.1, -0.05) is 12.1 Å². The van der Waals surface area contributed by atoms with Gasteiger partial charge in [-0.2, -0.15) is 0 Å². The van der Waals surface area contributed by atoms with Gasteiger partial charge in [-0.25, -0.2) is 4.79 Å². The van der Waals surface area contributed by atoms with Crippen LogP contribution < -0.4 is 4.74 Å². The highest BCUT2D eigenvalue weighted by Crippen LogP contribution is 2.26. The van der Waals surface area contributed by atoms with Crippen LogP contribution in [0.15, 0.2) is 24.3 Å². The smallest absolute Gasteiger partial charge is 0.340 e. The number of amides is 1. The van der Waals surface area contributed by atoms with E-state index >= 15 is 0 Å². The molecule has 0 saturated carbocycles. The first-order valence-corrected chi connectivity index (χ1v) is 10.7. The maximum Gasteiger partial charge on any atom is 0.340 e. The average molecular weight is 429 g/mol. The number of H-pyrrole nitrogens is 1. The summed E-state index contributed by atoms with van der Waals surface area (Å²) < 4.78 is 15.4. The van der Waals surface area contributed by atoms with Crippen molar-refractivity contribution in [3.63, 3.8) is 0 Å². The molecule has 1 aliphatic rings. The molecule has 0 radical (unpaired) electrons. The largest absolute Gasteiger partial charge is 0.497 e. The van der Waals surface area contributed by atoms with Crippen molar-refractivity contribution in [3.8, 4) is 5.75 Å². The van der Waals surface area contributed by atoms with E-state index < -0.39 is 5.97 Å². The maximum absolute atomic E-state index is 13.1. The van der Waals surface area contributed by atoms with E-state index in [2.05, 4.69) is 17.1 Å². The van der Waals surface area contributed by atoms with Crippen LogP contribution in [-0.4, -0.2) is 62.3 Å². The van der Waals surface area contributed by atoms with E-state index in [0.717, 1.165) is 25.0 Å². The van der Waals surface area contributed by atoms with Crippen molar-refractivity contribution in [3.05, 3.63) is 52.3 Å². The zero-order chi connectivity index (χ0) is 22.4. The molecule has 1 aromatic heterocycles. The number of nitrogens with one attached hydrogen (secondary N) is 1. The Morgan fingerprint density at radius 1 is 1.06 bits per heavy atom. The summed E-state index contributed by atoms with van der Waals surface area (Å²) in [6, 6.07) is 8.19. The van der Waals surface area contributed by atoms with Gasteiger partial charge in [0.2, 0.25) is 0 Å². The van der Waals surface area contributed by atoms with E-state index in [0.29, 0.717) is 48.1 Å². The quantitative estimate of drug-likeness (QED) is 0.514. The normalized spacial score (nSPS) is 14.5. The number of likely N-dealkylation sites (tertiary alicyclic amines) is 1. The lowest BCUT2D eigenvalue weighted by Gasteiger charge is -2.32. The summed E-state index contributed by atoms with van der Waals surface area (Å²) >= 11 is 0. The number of hydrogen-bond acceptors (Lipinski definition) is 5. The number of carbonyl (C=O) groups is 2. The molecule has 1 N–H and O–H groups in total. The number of hydrogen-bond donors (Lipinski definition) is 1. The number of nitrogens with zero attached hydrogens (tertiary/aromatic N) is 1. The average Bonchev–Trinajstić information content (AvgIpc) is 3.08. The fraction of sp³-hybridized carbons (Fsp3) is 0.500. The monoisotopic (exact) mass is 428 g/mol. The van der Waals surface area contributed by atoms with Crippen molar-refractivity contribution in [1.82, 2.24) is 9.88 Å². The van der Waals surface area contributed by atoms with E-state index in [4.69, 9.17) is 14.2 Å².